The average molecular weight is 267 g/mol. The van der Waals surface area contributed by atoms with Crippen LogP contribution in [-0.4, -0.2) is 24.5 Å². The number of pyridine rings is 1. The Labute approximate surface area is 103 Å². The summed E-state index contributed by atoms with van der Waals surface area (Å²) in [5.41, 5.74) is 0.366. The Balaban J connectivity index is 2.28. The molecular weight excluding hydrogens is 258 g/mol. The maximum Gasteiger partial charge on any atom is 0.371 e. The smallest absolute Gasteiger partial charge is 0.371 e. The van der Waals surface area contributed by atoms with Crippen LogP contribution >= 0.6 is 0 Å². The van der Waals surface area contributed by atoms with Crippen molar-refractivity contribution in [2.24, 2.45) is 0 Å². The Kier molecular flexibility index (Phi) is 3.15. The second kappa shape index (κ2) is 4.61. The normalized spacial score (nSPS) is 11.3. The van der Waals surface area contributed by atoms with Gasteiger partial charge in [0.25, 0.3) is 0 Å². The quantitative estimate of drug-likeness (QED) is 0.897. The van der Waals surface area contributed by atoms with Gasteiger partial charge in [-0.15, -0.1) is 0 Å². The van der Waals surface area contributed by atoms with Crippen molar-refractivity contribution in [1.29, 1.82) is 0 Å². The number of hydrogen-bond acceptors (Lipinski definition) is 5. The average Bonchev–Trinajstić information content (AvgIpc) is 2.79. The standard InChI is InChI=1S/C11H9NO5S/c13-11(14)9-4-5-10(17-9)18(15,16)7-8-3-1-2-6-12-8/h1-6H,7H2,(H,13,14). The Bertz CT molecular complexity index is 660. The number of rotatable bonds is 4. The van der Waals surface area contributed by atoms with Gasteiger partial charge in [0.1, 0.15) is 5.75 Å². The molecule has 2 aromatic rings. The third-order valence-corrected chi connectivity index (χ3v) is 3.67. The number of furan rings is 1. The van der Waals surface area contributed by atoms with E-state index in [1.54, 1.807) is 18.2 Å². The molecule has 0 aliphatic carbocycles. The summed E-state index contributed by atoms with van der Waals surface area (Å²) in [4.78, 5) is 14.5. The molecular formula is C11H9NO5S. The Hall–Kier alpha value is -2.15. The molecule has 0 radical (unpaired) electrons. The molecule has 2 heterocycles. The fraction of sp³-hybridized carbons (Fsp3) is 0.0909. The first-order valence-corrected chi connectivity index (χ1v) is 6.60. The zero-order valence-corrected chi connectivity index (χ0v) is 9.92. The zero-order valence-electron chi connectivity index (χ0n) is 9.11. The van der Waals surface area contributed by atoms with E-state index < -0.39 is 21.6 Å². The molecule has 0 aliphatic heterocycles. The van der Waals surface area contributed by atoms with Gasteiger partial charge in [-0.25, -0.2) is 13.2 Å². The lowest BCUT2D eigenvalue weighted by molar-refractivity contribution is 0.0656. The summed E-state index contributed by atoms with van der Waals surface area (Å²) in [6, 6.07) is 7.14. The summed E-state index contributed by atoms with van der Waals surface area (Å²) in [6.07, 6.45) is 1.48. The van der Waals surface area contributed by atoms with Crippen molar-refractivity contribution >= 4 is 15.8 Å². The van der Waals surface area contributed by atoms with Crippen molar-refractivity contribution in [1.82, 2.24) is 4.98 Å². The van der Waals surface area contributed by atoms with Gasteiger partial charge in [0.05, 0.1) is 5.69 Å². The number of nitrogens with zero attached hydrogens (tertiary/aromatic N) is 1. The lowest BCUT2D eigenvalue weighted by Gasteiger charge is -2.00. The van der Waals surface area contributed by atoms with Crippen LogP contribution < -0.4 is 0 Å². The third-order valence-electron chi connectivity index (χ3n) is 2.16. The highest BCUT2D eigenvalue weighted by atomic mass is 32.2. The van der Waals surface area contributed by atoms with Gasteiger partial charge in [0, 0.05) is 6.20 Å². The minimum atomic E-state index is -3.72. The molecule has 0 amide bonds. The van der Waals surface area contributed by atoms with Crippen molar-refractivity contribution in [2.75, 3.05) is 0 Å². The van der Waals surface area contributed by atoms with Crippen LogP contribution in [-0.2, 0) is 15.6 Å². The van der Waals surface area contributed by atoms with Crippen molar-refractivity contribution in [2.45, 2.75) is 10.8 Å². The predicted molar refractivity (Wildman–Crippen MR) is 60.8 cm³/mol. The molecule has 6 nitrogen and oxygen atoms in total. The van der Waals surface area contributed by atoms with E-state index in [1.807, 2.05) is 0 Å². The van der Waals surface area contributed by atoms with E-state index in [4.69, 9.17) is 9.52 Å². The highest BCUT2D eigenvalue weighted by Crippen LogP contribution is 2.18. The zero-order chi connectivity index (χ0) is 13.2. The molecule has 0 fully saturated rings. The molecule has 2 rings (SSSR count). The predicted octanol–water partition coefficient (Wildman–Crippen LogP) is 1.35. The summed E-state index contributed by atoms with van der Waals surface area (Å²) >= 11 is 0. The molecule has 7 heteroatoms. The van der Waals surface area contributed by atoms with Crippen molar-refractivity contribution in [3.63, 3.8) is 0 Å². The fourth-order valence-electron chi connectivity index (χ4n) is 1.35. The second-order valence-electron chi connectivity index (χ2n) is 3.50. The van der Waals surface area contributed by atoms with E-state index in [-0.39, 0.29) is 10.8 Å². The highest BCUT2D eigenvalue weighted by Gasteiger charge is 2.22. The minimum absolute atomic E-state index is 0.333. The molecule has 0 atom stereocenters. The van der Waals surface area contributed by atoms with Crippen LogP contribution in [0.15, 0.2) is 46.0 Å². The summed E-state index contributed by atoms with van der Waals surface area (Å²) in [5.74, 6) is -2.05. The summed E-state index contributed by atoms with van der Waals surface area (Å²) in [7, 11) is -3.72. The largest absolute Gasteiger partial charge is 0.475 e. The van der Waals surface area contributed by atoms with Crippen LogP contribution in [0.2, 0.25) is 0 Å². The topological polar surface area (TPSA) is 97.5 Å². The molecule has 2 aromatic heterocycles. The molecule has 94 valence electrons. The van der Waals surface area contributed by atoms with E-state index in [1.165, 1.54) is 6.20 Å². The molecule has 0 saturated heterocycles. The number of sulfone groups is 1. The molecule has 0 aliphatic rings. The van der Waals surface area contributed by atoms with Crippen LogP contribution in [0.4, 0.5) is 0 Å². The molecule has 0 bridgehead atoms. The van der Waals surface area contributed by atoms with E-state index >= 15 is 0 Å². The van der Waals surface area contributed by atoms with Gasteiger partial charge < -0.3 is 9.52 Å². The second-order valence-corrected chi connectivity index (χ2v) is 5.42. The maximum atomic E-state index is 11.9. The number of aromatic nitrogens is 1. The lowest BCUT2D eigenvalue weighted by atomic mass is 10.4. The molecule has 0 aromatic carbocycles. The Morgan fingerprint density at radius 1 is 1.28 bits per heavy atom. The van der Waals surface area contributed by atoms with Gasteiger partial charge in [-0.3, -0.25) is 4.98 Å². The SMILES string of the molecule is O=C(O)c1ccc(S(=O)(=O)Cc2ccccn2)o1. The minimum Gasteiger partial charge on any atom is -0.475 e. The first kappa shape index (κ1) is 12.3. The van der Waals surface area contributed by atoms with Crippen molar-refractivity contribution in [3.8, 4) is 0 Å². The maximum absolute atomic E-state index is 11.9. The van der Waals surface area contributed by atoms with Gasteiger partial charge in [-0.2, -0.15) is 0 Å². The summed E-state index contributed by atoms with van der Waals surface area (Å²) in [5, 5.41) is 8.28. The van der Waals surface area contributed by atoms with Gasteiger partial charge in [0.15, 0.2) is 0 Å². The van der Waals surface area contributed by atoms with E-state index in [0.717, 1.165) is 12.1 Å². The van der Waals surface area contributed by atoms with Gasteiger partial charge in [0.2, 0.25) is 20.7 Å². The monoisotopic (exact) mass is 267 g/mol. The number of carboxylic acids is 1. The number of hydrogen-bond donors (Lipinski definition) is 1. The highest BCUT2D eigenvalue weighted by molar-refractivity contribution is 7.90. The first-order chi connectivity index (χ1) is 8.49. The summed E-state index contributed by atoms with van der Waals surface area (Å²) < 4.78 is 28.6. The number of carbonyl (C=O) groups is 1. The van der Waals surface area contributed by atoms with Crippen LogP contribution in [0.25, 0.3) is 0 Å². The Morgan fingerprint density at radius 3 is 2.61 bits per heavy atom. The van der Waals surface area contributed by atoms with Gasteiger partial charge in [-0.1, -0.05) is 6.07 Å². The van der Waals surface area contributed by atoms with E-state index in [9.17, 15) is 13.2 Å². The summed E-state index contributed by atoms with van der Waals surface area (Å²) in [6.45, 7) is 0. The number of carboxylic acid groups (broad SMARTS) is 1. The molecule has 0 saturated carbocycles. The van der Waals surface area contributed by atoms with Crippen molar-refractivity contribution < 1.29 is 22.7 Å². The Morgan fingerprint density at radius 2 is 2.06 bits per heavy atom. The van der Waals surface area contributed by atoms with Crippen LogP contribution in [0, 0.1) is 0 Å². The van der Waals surface area contributed by atoms with Gasteiger partial charge in [-0.05, 0) is 24.3 Å². The number of aromatic carboxylic acids is 1. The van der Waals surface area contributed by atoms with E-state index in [2.05, 4.69) is 4.98 Å². The van der Waals surface area contributed by atoms with Crippen molar-refractivity contribution in [3.05, 3.63) is 48.0 Å². The van der Waals surface area contributed by atoms with Crippen LogP contribution in [0.3, 0.4) is 0 Å². The molecule has 0 unspecified atom stereocenters. The molecule has 0 spiro atoms. The molecule has 18 heavy (non-hydrogen) atoms. The molecule has 1 N–H and O–H groups in total. The third kappa shape index (κ3) is 2.57. The lowest BCUT2D eigenvalue weighted by Crippen LogP contribution is -2.05. The van der Waals surface area contributed by atoms with E-state index in [0.29, 0.717) is 5.69 Å². The fourth-order valence-corrected chi connectivity index (χ4v) is 2.55. The van der Waals surface area contributed by atoms with Gasteiger partial charge >= 0.3 is 5.97 Å². The van der Waals surface area contributed by atoms with Crippen LogP contribution in [0.1, 0.15) is 16.2 Å². The van der Waals surface area contributed by atoms with Crippen LogP contribution in [0.5, 0.6) is 0 Å². The first-order valence-electron chi connectivity index (χ1n) is 4.95.